The molecule has 0 unspecified atom stereocenters. The number of nitrogens with zero attached hydrogens (tertiary/aromatic N) is 3. The van der Waals surface area contributed by atoms with E-state index >= 15 is 0 Å². The van der Waals surface area contributed by atoms with Crippen LogP contribution in [-0.2, 0) is 6.42 Å². The van der Waals surface area contributed by atoms with Gasteiger partial charge in [0.25, 0.3) is 0 Å². The number of hydrogen-bond acceptors (Lipinski definition) is 3. The second-order valence-electron chi connectivity index (χ2n) is 7.13. The highest BCUT2D eigenvalue weighted by atomic mass is 15.2. The van der Waals surface area contributed by atoms with E-state index in [4.69, 9.17) is 4.99 Å². The van der Waals surface area contributed by atoms with E-state index in [1.54, 1.807) is 0 Å². The summed E-state index contributed by atoms with van der Waals surface area (Å²) < 4.78 is 0. The zero-order valence-corrected chi connectivity index (χ0v) is 16.7. The van der Waals surface area contributed by atoms with Crippen molar-refractivity contribution in [1.29, 1.82) is 0 Å². The first-order valence-corrected chi connectivity index (χ1v) is 10.2. The average Bonchev–Trinajstić information content (AvgIpc) is 2.87. The number of likely N-dealkylation sites (N-methyl/N-ethyl adjacent to an activating group) is 1. The first kappa shape index (κ1) is 20.7. The summed E-state index contributed by atoms with van der Waals surface area (Å²) in [7, 11) is 2.22. The topological polar surface area (TPSA) is 42.9 Å². The number of guanidine groups is 1. The lowest BCUT2D eigenvalue weighted by Gasteiger charge is -2.20. The molecule has 26 heavy (non-hydrogen) atoms. The number of benzene rings is 1. The summed E-state index contributed by atoms with van der Waals surface area (Å²) >= 11 is 0. The maximum absolute atomic E-state index is 4.71. The van der Waals surface area contributed by atoms with E-state index in [2.05, 4.69) is 64.7 Å². The van der Waals surface area contributed by atoms with Gasteiger partial charge in [0, 0.05) is 32.7 Å². The molecule has 1 aliphatic heterocycles. The molecule has 0 saturated carbocycles. The quantitative estimate of drug-likeness (QED) is 0.403. The van der Waals surface area contributed by atoms with Gasteiger partial charge in [-0.15, -0.1) is 0 Å². The maximum atomic E-state index is 4.71. The van der Waals surface area contributed by atoms with Gasteiger partial charge < -0.3 is 20.4 Å². The second kappa shape index (κ2) is 12.7. The lowest BCUT2D eigenvalue weighted by Crippen LogP contribution is -2.39. The first-order chi connectivity index (χ1) is 12.8. The number of hydrogen-bond donors (Lipinski definition) is 2. The van der Waals surface area contributed by atoms with Gasteiger partial charge in [-0.05, 0) is 64.9 Å². The second-order valence-corrected chi connectivity index (χ2v) is 7.13. The van der Waals surface area contributed by atoms with E-state index in [-0.39, 0.29) is 0 Å². The van der Waals surface area contributed by atoms with Crippen molar-refractivity contribution in [2.75, 3.05) is 59.4 Å². The number of nitrogens with one attached hydrogen (secondary N) is 2. The Kier molecular flexibility index (Phi) is 10.1. The van der Waals surface area contributed by atoms with Crippen LogP contribution in [0.2, 0.25) is 0 Å². The van der Waals surface area contributed by atoms with Crippen LogP contribution in [0.15, 0.2) is 35.3 Å². The van der Waals surface area contributed by atoms with Gasteiger partial charge in [0.2, 0.25) is 0 Å². The fourth-order valence-corrected chi connectivity index (χ4v) is 3.29. The largest absolute Gasteiger partial charge is 0.357 e. The van der Waals surface area contributed by atoms with Crippen LogP contribution in [0.5, 0.6) is 0 Å². The van der Waals surface area contributed by atoms with Gasteiger partial charge in [0.1, 0.15) is 0 Å². The van der Waals surface area contributed by atoms with Crippen LogP contribution >= 0.6 is 0 Å². The molecule has 0 aliphatic carbocycles. The molecule has 0 atom stereocenters. The summed E-state index contributed by atoms with van der Waals surface area (Å²) in [4.78, 5) is 9.74. The summed E-state index contributed by atoms with van der Waals surface area (Å²) in [6.07, 6.45) is 4.63. The Bertz CT molecular complexity index is 502. The average molecular weight is 360 g/mol. The third-order valence-electron chi connectivity index (χ3n) is 4.84. The molecule has 0 bridgehead atoms. The van der Waals surface area contributed by atoms with Gasteiger partial charge in [-0.3, -0.25) is 4.99 Å². The highest BCUT2D eigenvalue weighted by Gasteiger charge is 2.11. The molecule has 1 saturated heterocycles. The molecular formula is C21H37N5. The van der Waals surface area contributed by atoms with E-state index in [0.29, 0.717) is 0 Å². The Hall–Kier alpha value is -1.59. The van der Waals surface area contributed by atoms with Gasteiger partial charge >= 0.3 is 0 Å². The van der Waals surface area contributed by atoms with Crippen LogP contribution in [-0.4, -0.2) is 75.2 Å². The molecule has 1 heterocycles. The minimum atomic E-state index is 0.864. The van der Waals surface area contributed by atoms with Crippen LogP contribution in [0.25, 0.3) is 0 Å². The predicted octanol–water partition coefficient (Wildman–Crippen LogP) is 2.20. The van der Waals surface area contributed by atoms with E-state index < -0.39 is 0 Å². The van der Waals surface area contributed by atoms with Crippen molar-refractivity contribution in [2.45, 2.75) is 32.6 Å². The lowest BCUT2D eigenvalue weighted by atomic mass is 10.1. The highest BCUT2D eigenvalue weighted by Crippen LogP contribution is 2.03. The molecular weight excluding hydrogens is 322 g/mol. The Labute approximate surface area is 159 Å². The van der Waals surface area contributed by atoms with Crippen LogP contribution < -0.4 is 10.6 Å². The molecule has 1 aromatic rings. The highest BCUT2D eigenvalue weighted by molar-refractivity contribution is 5.79. The first-order valence-electron chi connectivity index (χ1n) is 10.2. The fraction of sp³-hybridized carbons (Fsp3) is 0.667. The molecule has 0 spiro atoms. The zero-order chi connectivity index (χ0) is 18.5. The monoisotopic (exact) mass is 359 g/mol. The molecule has 5 heteroatoms. The van der Waals surface area contributed by atoms with Crippen LogP contribution in [0.4, 0.5) is 0 Å². The van der Waals surface area contributed by atoms with Crippen LogP contribution in [0, 0.1) is 0 Å². The van der Waals surface area contributed by atoms with Crippen molar-refractivity contribution >= 4 is 5.96 Å². The SMILES string of the molecule is CCNC(=NCCCc1ccccc1)NCCCN1CCCN(C)CC1. The Morgan fingerprint density at radius 3 is 2.69 bits per heavy atom. The summed E-state index contributed by atoms with van der Waals surface area (Å²) in [6.45, 7) is 10.9. The molecule has 2 N–H and O–H groups in total. The van der Waals surface area contributed by atoms with Crippen molar-refractivity contribution in [3.8, 4) is 0 Å². The molecule has 0 radical (unpaired) electrons. The summed E-state index contributed by atoms with van der Waals surface area (Å²) in [6, 6.07) is 10.7. The van der Waals surface area contributed by atoms with Crippen molar-refractivity contribution in [3.63, 3.8) is 0 Å². The molecule has 0 amide bonds. The minimum Gasteiger partial charge on any atom is -0.357 e. The van der Waals surface area contributed by atoms with Gasteiger partial charge in [0.15, 0.2) is 5.96 Å². The zero-order valence-electron chi connectivity index (χ0n) is 16.7. The number of aryl methyl sites for hydroxylation is 1. The molecule has 0 aromatic heterocycles. The third-order valence-corrected chi connectivity index (χ3v) is 4.84. The van der Waals surface area contributed by atoms with Crippen molar-refractivity contribution in [1.82, 2.24) is 20.4 Å². The molecule has 1 aromatic carbocycles. The molecule has 146 valence electrons. The lowest BCUT2D eigenvalue weighted by molar-refractivity contribution is 0.274. The van der Waals surface area contributed by atoms with Gasteiger partial charge in [-0.1, -0.05) is 30.3 Å². The Morgan fingerprint density at radius 2 is 1.88 bits per heavy atom. The standard InChI is InChI=1S/C21H37N5/c1-3-22-21(23-13-7-12-20-10-5-4-6-11-20)24-14-8-16-26-17-9-15-25(2)18-19-26/h4-6,10-11H,3,7-9,12-19H2,1-2H3,(H2,22,23,24). The van der Waals surface area contributed by atoms with Gasteiger partial charge in [-0.25, -0.2) is 0 Å². The predicted molar refractivity (Wildman–Crippen MR) is 112 cm³/mol. The molecule has 1 aliphatic rings. The van der Waals surface area contributed by atoms with Crippen molar-refractivity contribution in [2.24, 2.45) is 4.99 Å². The minimum absolute atomic E-state index is 0.864. The van der Waals surface area contributed by atoms with Crippen molar-refractivity contribution in [3.05, 3.63) is 35.9 Å². The van der Waals surface area contributed by atoms with Gasteiger partial charge in [-0.2, -0.15) is 0 Å². The van der Waals surface area contributed by atoms with Gasteiger partial charge in [0.05, 0.1) is 0 Å². The van der Waals surface area contributed by atoms with E-state index in [9.17, 15) is 0 Å². The Balaban J connectivity index is 1.62. The van der Waals surface area contributed by atoms with E-state index in [1.807, 2.05) is 0 Å². The van der Waals surface area contributed by atoms with Crippen LogP contribution in [0.3, 0.4) is 0 Å². The summed E-state index contributed by atoms with van der Waals surface area (Å²) in [5.41, 5.74) is 1.39. The summed E-state index contributed by atoms with van der Waals surface area (Å²) in [5, 5.41) is 6.84. The molecule has 1 fully saturated rings. The Morgan fingerprint density at radius 1 is 1.04 bits per heavy atom. The number of aliphatic imine (C=N–C) groups is 1. The third kappa shape index (κ3) is 8.68. The normalized spacial score (nSPS) is 17.1. The van der Waals surface area contributed by atoms with E-state index in [1.165, 1.54) is 44.7 Å². The number of rotatable bonds is 9. The maximum Gasteiger partial charge on any atom is 0.191 e. The fourth-order valence-electron chi connectivity index (χ4n) is 3.29. The summed E-state index contributed by atoms with van der Waals surface area (Å²) in [5.74, 6) is 0.955. The van der Waals surface area contributed by atoms with Crippen LogP contribution in [0.1, 0.15) is 31.7 Å². The molecule has 2 rings (SSSR count). The smallest absolute Gasteiger partial charge is 0.191 e. The molecule has 5 nitrogen and oxygen atoms in total. The van der Waals surface area contributed by atoms with Crippen molar-refractivity contribution < 1.29 is 0 Å². The van der Waals surface area contributed by atoms with E-state index in [0.717, 1.165) is 44.9 Å².